The van der Waals surface area contributed by atoms with E-state index >= 15 is 0 Å². The van der Waals surface area contributed by atoms with Gasteiger partial charge in [0, 0.05) is 22.7 Å². The number of halogens is 1. The third kappa shape index (κ3) is 2.23. The maximum Gasteiger partial charge on any atom is 0.269 e. The lowest BCUT2D eigenvalue weighted by Crippen LogP contribution is -1.87. The number of hydrogen-bond donors (Lipinski definition) is 0. The fraction of sp³-hybridized carbons (Fsp3) is 0. The number of nitrogens with zero attached hydrogens (tertiary/aromatic N) is 2. The van der Waals surface area contributed by atoms with Gasteiger partial charge in [-0.25, -0.2) is 0 Å². The minimum Gasteiger partial charge on any atom is -0.258 e. The van der Waals surface area contributed by atoms with Crippen molar-refractivity contribution < 1.29 is 4.92 Å². The molecule has 5 nitrogen and oxygen atoms in total. The molecule has 0 fully saturated rings. The van der Waals surface area contributed by atoms with Crippen LogP contribution in [0.5, 0.6) is 0 Å². The van der Waals surface area contributed by atoms with Gasteiger partial charge in [-0.15, -0.1) is 4.91 Å². The second-order valence-electron chi connectivity index (χ2n) is 2.39. The third-order valence-electron chi connectivity index (χ3n) is 1.58. The van der Waals surface area contributed by atoms with E-state index in [9.17, 15) is 15.0 Å². The van der Waals surface area contributed by atoms with Crippen molar-refractivity contribution >= 4 is 27.3 Å². The average Bonchev–Trinajstić information content (AvgIpc) is 2.20. The molecule has 0 saturated heterocycles. The Morgan fingerprint density at radius 3 is 2.36 bits per heavy atom. The monoisotopic (exact) mass is 256 g/mol. The van der Waals surface area contributed by atoms with Gasteiger partial charge in [0.25, 0.3) is 5.69 Å². The van der Waals surface area contributed by atoms with Gasteiger partial charge in [-0.3, -0.25) is 10.1 Å². The summed E-state index contributed by atoms with van der Waals surface area (Å²) >= 11 is 2.97. The van der Waals surface area contributed by atoms with Gasteiger partial charge in [0.2, 0.25) is 0 Å². The predicted octanol–water partition coefficient (Wildman–Crippen LogP) is 3.05. The molecule has 14 heavy (non-hydrogen) atoms. The molecule has 1 aromatic carbocycles. The molecule has 0 radical (unpaired) electrons. The van der Waals surface area contributed by atoms with Crippen molar-refractivity contribution in [3.63, 3.8) is 0 Å². The van der Waals surface area contributed by atoms with E-state index in [4.69, 9.17) is 0 Å². The largest absolute Gasteiger partial charge is 0.269 e. The molecular weight excluding hydrogens is 252 g/mol. The number of hydrogen-bond acceptors (Lipinski definition) is 4. The zero-order valence-corrected chi connectivity index (χ0v) is 8.47. The molecule has 1 aromatic rings. The lowest BCUT2D eigenvalue weighted by molar-refractivity contribution is -0.384. The van der Waals surface area contributed by atoms with E-state index in [0.717, 1.165) is 0 Å². The van der Waals surface area contributed by atoms with E-state index in [1.54, 1.807) is 0 Å². The first-order chi connectivity index (χ1) is 6.69. The Hall–Kier alpha value is -1.56. The Labute approximate surface area is 87.7 Å². The molecule has 0 heterocycles. The lowest BCUT2D eigenvalue weighted by Gasteiger charge is -1.96. The second kappa shape index (κ2) is 4.61. The van der Waals surface area contributed by atoms with Crippen LogP contribution in [0.15, 0.2) is 34.4 Å². The molecule has 0 aliphatic carbocycles. The van der Waals surface area contributed by atoms with Gasteiger partial charge in [0.05, 0.1) is 4.92 Å². The summed E-state index contributed by atoms with van der Waals surface area (Å²) in [4.78, 5) is 21.4. The Balaban J connectivity index is 3.05. The van der Waals surface area contributed by atoms with Crippen LogP contribution in [0.4, 0.5) is 5.69 Å². The van der Waals surface area contributed by atoms with E-state index in [2.05, 4.69) is 21.1 Å². The molecule has 0 aromatic heterocycles. The molecule has 6 heteroatoms. The first-order valence-electron chi connectivity index (χ1n) is 3.57. The molecule has 1 rings (SSSR count). The van der Waals surface area contributed by atoms with Crippen molar-refractivity contribution in [2.75, 3.05) is 0 Å². The Bertz CT molecular complexity index is 386. The van der Waals surface area contributed by atoms with E-state index < -0.39 is 4.92 Å². The summed E-state index contributed by atoms with van der Waals surface area (Å²) in [5, 5.41) is 13.1. The normalized spacial score (nSPS) is 11.1. The molecule has 0 aliphatic rings. The van der Waals surface area contributed by atoms with Crippen molar-refractivity contribution in [2.45, 2.75) is 0 Å². The number of nitroso groups, excluding NO2 is 1. The van der Waals surface area contributed by atoms with Crippen LogP contribution in [0.3, 0.4) is 0 Å². The SMILES string of the molecule is O=N/C(=C/Br)c1ccc([N+](=O)[O-])cc1. The highest BCUT2D eigenvalue weighted by molar-refractivity contribution is 9.11. The summed E-state index contributed by atoms with van der Waals surface area (Å²) < 4.78 is 0. The van der Waals surface area contributed by atoms with Crippen LogP contribution in [0, 0.1) is 15.0 Å². The van der Waals surface area contributed by atoms with Gasteiger partial charge in [0.15, 0.2) is 0 Å². The topological polar surface area (TPSA) is 72.6 Å². The van der Waals surface area contributed by atoms with Crippen molar-refractivity contribution in [3.8, 4) is 0 Å². The van der Waals surface area contributed by atoms with E-state index in [1.807, 2.05) is 0 Å². The summed E-state index contributed by atoms with van der Waals surface area (Å²) in [5.41, 5.74) is 0.705. The summed E-state index contributed by atoms with van der Waals surface area (Å²) in [6, 6.07) is 5.56. The van der Waals surface area contributed by atoms with Gasteiger partial charge in [-0.1, -0.05) is 15.9 Å². The second-order valence-corrected chi connectivity index (χ2v) is 2.85. The van der Waals surface area contributed by atoms with Crippen molar-refractivity contribution in [1.82, 2.24) is 0 Å². The number of nitro benzene ring substituents is 1. The van der Waals surface area contributed by atoms with Crippen LogP contribution >= 0.6 is 15.9 Å². The average molecular weight is 257 g/mol. The molecule has 0 atom stereocenters. The first-order valence-corrected chi connectivity index (χ1v) is 4.49. The summed E-state index contributed by atoms with van der Waals surface area (Å²) in [5.74, 6) is 0. The Kier molecular flexibility index (Phi) is 3.47. The summed E-state index contributed by atoms with van der Waals surface area (Å²) in [6.07, 6.45) is 0. The van der Waals surface area contributed by atoms with Gasteiger partial charge < -0.3 is 0 Å². The zero-order chi connectivity index (χ0) is 10.6. The highest BCUT2D eigenvalue weighted by atomic mass is 79.9. The molecule has 0 bridgehead atoms. The van der Waals surface area contributed by atoms with Crippen LogP contribution in [-0.2, 0) is 0 Å². The summed E-state index contributed by atoms with van der Waals surface area (Å²) in [6.45, 7) is 0. The van der Waals surface area contributed by atoms with Crippen molar-refractivity contribution in [2.24, 2.45) is 5.18 Å². The molecule has 0 amide bonds. The fourth-order valence-corrected chi connectivity index (χ4v) is 1.24. The molecule has 0 aliphatic heterocycles. The summed E-state index contributed by atoms with van der Waals surface area (Å²) in [7, 11) is 0. The number of non-ortho nitro benzene ring substituents is 1. The molecular formula is C8H5BrN2O3. The van der Waals surface area contributed by atoms with Gasteiger partial charge in [-0.05, 0) is 17.3 Å². The number of nitro groups is 1. The molecule has 0 unspecified atom stereocenters. The number of benzene rings is 1. The maximum atomic E-state index is 10.3. The van der Waals surface area contributed by atoms with E-state index in [1.165, 1.54) is 29.3 Å². The highest BCUT2D eigenvalue weighted by Gasteiger charge is 2.06. The number of rotatable bonds is 3. The maximum absolute atomic E-state index is 10.3. The zero-order valence-electron chi connectivity index (χ0n) is 6.88. The van der Waals surface area contributed by atoms with E-state index in [0.29, 0.717) is 5.56 Å². The van der Waals surface area contributed by atoms with Crippen molar-refractivity contribution in [1.29, 1.82) is 0 Å². The van der Waals surface area contributed by atoms with Gasteiger partial charge in [0.1, 0.15) is 5.70 Å². The highest BCUT2D eigenvalue weighted by Crippen LogP contribution is 2.20. The van der Waals surface area contributed by atoms with Crippen LogP contribution < -0.4 is 0 Å². The van der Waals surface area contributed by atoms with Crippen LogP contribution in [0.25, 0.3) is 5.70 Å². The first kappa shape index (κ1) is 10.5. The van der Waals surface area contributed by atoms with Crippen LogP contribution in [-0.4, -0.2) is 4.92 Å². The predicted molar refractivity (Wildman–Crippen MR) is 55.8 cm³/mol. The third-order valence-corrected chi connectivity index (χ3v) is 2.01. The Morgan fingerprint density at radius 1 is 1.43 bits per heavy atom. The Morgan fingerprint density at radius 2 is 2.00 bits per heavy atom. The van der Waals surface area contributed by atoms with Gasteiger partial charge >= 0.3 is 0 Å². The lowest BCUT2D eigenvalue weighted by atomic mass is 10.2. The quantitative estimate of drug-likeness (QED) is 0.474. The molecule has 72 valence electrons. The fourth-order valence-electron chi connectivity index (χ4n) is 0.890. The van der Waals surface area contributed by atoms with Crippen molar-refractivity contribution in [3.05, 3.63) is 49.8 Å². The smallest absolute Gasteiger partial charge is 0.258 e. The molecule has 0 saturated carbocycles. The van der Waals surface area contributed by atoms with Crippen LogP contribution in [0.2, 0.25) is 0 Å². The standard InChI is InChI=1S/C8H5BrN2O3/c9-5-8(10-12)6-1-3-7(4-2-6)11(13)14/h1-5H/b8-5+. The minimum absolute atomic E-state index is 0.0198. The molecule has 0 spiro atoms. The van der Waals surface area contributed by atoms with Crippen LogP contribution in [0.1, 0.15) is 5.56 Å². The van der Waals surface area contributed by atoms with Gasteiger partial charge in [-0.2, -0.15) is 0 Å². The minimum atomic E-state index is -0.504. The molecule has 0 N–H and O–H groups in total. The van der Waals surface area contributed by atoms with E-state index in [-0.39, 0.29) is 11.4 Å².